The normalized spacial score (nSPS) is 33.3. The fraction of sp³-hybridized carbons (Fsp3) is 0.833. The number of rotatable bonds is 1. The molecular formula is C18H30N2O. The Labute approximate surface area is 129 Å². The molecule has 2 heterocycles. The van der Waals surface area contributed by atoms with E-state index in [2.05, 4.69) is 35.9 Å². The first kappa shape index (κ1) is 15.1. The molecule has 2 saturated heterocycles. The maximum Gasteiger partial charge on any atom is 0.228 e. The van der Waals surface area contributed by atoms with Crippen molar-refractivity contribution < 1.29 is 4.79 Å². The zero-order valence-electron chi connectivity index (χ0n) is 13.7. The van der Waals surface area contributed by atoms with Crippen LogP contribution >= 0.6 is 0 Å². The van der Waals surface area contributed by atoms with Gasteiger partial charge in [-0.25, -0.2) is 0 Å². The lowest BCUT2D eigenvalue weighted by atomic mass is 9.75. The number of carbonyl (C=O) groups excluding carboxylic acids is 1. The lowest BCUT2D eigenvalue weighted by molar-refractivity contribution is -0.145. The minimum absolute atomic E-state index is 0.141. The van der Waals surface area contributed by atoms with Crippen molar-refractivity contribution in [2.75, 3.05) is 26.7 Å². The number of hydrogen-bond donors (Lipinski definition) is 0. The van der Waals surface area contributed by atoms with Crippen LogP contribution in [0.5, 0.6) is 0 Å². The van der Waals surface area contributed by atoms with Crippen LogP contribution in [-0.2, 0) is 4.79 Å². The second-order valence-electron chi connectivity index (χ2n) is 7.67. The fourth-order valence-corrected chi connectivity index (χ4v) is 4.53. The molecule has 0 aromatic rings. The van der Waals surface area contributed by atoms with Gasteiger partial charge in [-0.1, -0.05) is 25.5 Å². The number of hydrogen-bond acceptors (Lipinski definition) is 2. The van der Waals surface area contributed by atoms with Crippen molar-refractivity contribution in [1.29, 1.82) is 0 Å². The van der Waals surface area contributed by atoms with E-state index in [0.717, 1.165) is 32.4 Å². The highest BCUT2D eigenvalue weighted by molar-refractivity contribution is 5.82. The Morgan fingerprint density at radius 2 is 1.76 bits per heavy atom. The van der Waals surface area contributed by atoms with Gasteiger partial charge in [0.15, 0.2) is 0 Å². The predicted octanol–water partition coefficient (Wildman–Crippen LogP) is 3.21. The van der Waals surface area contributed by atoms with Crippen LogP contribution in [0.1, 0.15) is 58.3 Å². The SMILES string of the molecule is CN1CCCCC12CCN(C(=O)[C@@]1(C)CC=CCC1)CC2. The molecule has 0 radical (unpaired) electrons. The topological polar surface area (TPSA) is 23.6 Å². The van der Waals surface area contributed by atoms with Gasteiger partial charge in [0.2, 0.25) is 5.91 Å². The summed E-state index contributed by atoms with van der Waals surface area (Å²) in [7, 11) is 2.28. The summed E-state index contributed by atoms with van der Waals surface area (Å²) in [6.07, 6.45) is 13.8. The second kappa shape index (κ2) is 5.75. The molecular weight excluding hydrogens is 260 g/mol. The number of nitrogens with zero attached hydrogens (tertiary/aromatic N) is 2. The molecule has 1 aliphatic carbocycles. The minimum Gasteiger partial charge on any atom is -0.342 e. The van der Waals surface area contributed by atoms with Crippen molar-refractivity contribution >= 4 is 5.91 Å². The van der Waals surface area contributed by atoms with Crippen LogP contribution < -0.4 is 0 Å². The third-order valence-electron chi connectivity index (χ3n) is 6.29. The van der Waals surface area contributed by atoms with E-state index >= 15 is 0 Å². The van der Waals surface area contributed by atoms with Crippen molar-refractivity contribution in [3.63, 3.8) is 0 Å². The van der Waals surface area contributed by atoms with Gasteiger partial charge in [-0.3, -0.25) is 4.79 Å². The Hall–Kier alpha value is -0.830. The van der Waals surface area contributed by atoms with Gasteiger partial charge < -0.3 is 9.80 Å². The molecule has 3 heteroatoms. The van der Waals surface area contributed by atoms with Crippen molar-refractivity contribution in [2.24, 2.45) is 5.41 Å². The third kappa shape index (κ3) is 2.77. The van der Waals surface area contributed by atoms with Gasteiger partial charge in [0.25, 0.3) is 0 Å². The molecule has 3 nitrogen and oxygen atoms in total. The third-order valence-corrected chi connectivity index (χ3v) is 6.29. The summed E-state index contributed by atoms with van der Waals surface area (Å²) < 4.78 is 0. The smallest absolute Gasteiger partial charge is 0.228 e. The lowest BCUT2D eigenvalue weighted by Gasteiger charge is -2.51. The molecule has 2 aliphatic heterocycles. The number of carbonyl (C=O) groups is 1. The average molecular weight is 290 g/mol. The maximum atomic E-state index is 12.9. The number of amides is 1. The van der Waals surface area contributed by atoms with E-state index in [4.69, 9.17) is 0 Å². The van der Waals surface area contributed by atoms with E-state index in [1.807, 2.05) is 0 Å². The molecule has 0 unspecified atom stereocenters. The Balaban J connectivity index is 1.63. The molecule has 1 atom stereocenters. The Morgan fingerprint density at radius 3 is 2.38 bits per heavy atom. The quantitative estimate of drug-likeness (QED) is 0.692. The molecule has 0 aromatic heterocycles. The van der Waals surface area contributed by atoms with Crippen LogP contribution in [0.25, 0.3) is 0 Å². The van der Waals surface area contributed by atoms with Crippen LogP contribution in [0.2, 0.25) is 0 Å². The van der Waals surface area contributed by atoms with Gasteiger partial charge in [-0.15, -0.1) is 0 Å². The standard InChI is InChI=1S/C18H30N2O/c1-17(8-4-3-5-9-17)16(21)20-14-11-18(12-15-20)10-6-7-13-19(18)2/h3-4H,5-15H2,1-2H3/t17-/m0/s1. The van der Waals surface area contributed by atoms with Crippen molar-refractivity contribution in [1.82, 2.24) is 9.80 Å². The summed E-state index contributed by atoms with van der Waals surface area (Å²) in [6, 6.07) is 0. The molecule has 118 valence electrons. The van der Waals surface area contributed by atoms with Crippen LogP contribution in [0.3, 0.4) is 0 Å². The average Bonchev–Trinajstić information content (AvgIpc) is 2.51. The highest BCUT2D eigenvalue weighted by atomic mass is 16.2. The first-order chi connectivity index (χ1) is 10.1. The highest BCUT2D eigenvalue weighted by Crippen LogP contribution is 2.39. The van der Waals surface area contributed by atoms with Gasteiger partial charge in [0.1, 0.15) is 0 Å². The fourth-order valence-electron chi connectivity index (χ4n) is 4.53. The Kier molecular flexibility index (Phi) is 4.13. The molecule has 0 aromatic carbocycles. The largest absolute Gasteiger partial charge is 0.342 e. The van der Waals surface area contributed by atoms with Gasteiger partial charge >= 0.3 is 0 Å². The van der Waals surface area contributed by atoms with Crippen molar-refractivity contribution in [3.05, 3.63) is 12.2 Å². The number of piperidine rings is 2. The van der Waals surface area contributed by atoms with E-state index in [-0.39, 0.29) is 5.41 Å². The number of allylic oxidation sites excluding steroid dienone is 2. The molecule has 3 aliphatic rings. The van der Waals surface area contributed by atoms with Crippen LogP contribution in [0.15, 0.2) is 12.2 Å². The molecule has 2 fully saturated rings. The zero-order valence-corrected chi connectivity index (χ0v) is 13.7. The van der Waals surface area contributed by atoms with Crippen LogP contribution in [0.4, 0.5) is 0 Å². The lowest BCUT2D eigenvalue weighted by Crippen LogP contribution is -2.58. The summed E-state index contributed by atoms with van der Waals surface area (Å²) in [4.78, 5) is 17.6. The molecule has 1 amide bonds. The molecule has 0 N–H and O–H groups in total. The molecule has 0 bridgehead atoms. The monoisotopic (exact) mass is 290 g/mol. The van der Waals surface area contributed by atoms with E-state index in [0.29, 0.717) is 11.4 Å². The molecule has 21 heavy (non-hydrogen) atoms. The summed E-state index contributed by atoms with van der Waals surface area (Å²) in [5, 5.41) is 0. The molecule has 3 rings (SSSR count). The van der Waals surface area contributed by atoms with Gasteiger partial charge in [0.05, 0.1) is 5.41 Å². The second-order valence-corrected chi connectivity index (χ2v) is 7.67. The molecule has 0 saturated carbocycles. The first-order valence-corrected chi connectivity index (χ1v) is 8.71. The first-order valence-electron chi connectivity index (χ1n) is 8.71. The molecule has 1 spiro atoms. The van der Waals surface area contributed by atoms with Gasteiger partial charge in [0, 0.05) is 18.6 Å². The van der Waals surface area contributed by atoms with Crippen LogP contribution in [-0.4, -0.2) is 47.9 Å². The van der Waals surface area contributed by atoms with E-state index < -0.39 is 0 Å². The zero-order chi connectivity index (χ0) is 14.9. The van der Waals surface area contributed by atoms with E-state index in [1.165, 1.54) is 38.6 Å². The van der Waals surface area contributed by atoms with Gasteiger partial charge in [-0.2, -0.15) is 0 Å². The summed E-state index contributed by atoms with van der Waals surface area (Å²) in [6.45, 7) is 5.32. The van der Waals surface area contributed by atoms with E-state index in [9.17, 15) is 4.79 Å². The highest BCUT2D eigenvalue weighted by Gasteiger charge is 2.43. The van der Waals surface area contributed by atoms with E-state index in [1.54, 1.807) is 0 Å². The summed E-state index contributed by atoms with van der Waals surface area (Å²) in [5.74, 6) is 0.403. The van der Waals surface area contributed by atoms with Crippen molar-refractivity contribution in [3.8, 4) is 0 Å². The van der Waals surface area contributed by atoms with Crippen LogP contribution in [0, 0.1) is 5.41 Å². The minimum atomic E-state index is -0.141. The summed E-state index contributed by atoms with van der Waals surface area (Å²) >= 11 is 0. The van der Waals surface area contributed by atoms with Crippen molar-refractivity contribution in [2.45, 2.75) is 63.8 Å². The summed E-state index contributed by atoms with van der Waals surface area (Å²) in [5.41, 5.74) is 0.250. The Morgan fingerprint density at radius 1 is 1.00 bits per heavy atom. The maximum absolute atomic E-state index is 12.9. The number of likely N-dealkylation sites (tertiary alicyclic amines) is 2. The predicted molar refractivity (Wildman–Crippen MR) is 86.1 cm³/mol. The van der Waals surface area contributed by atoms with Gasteiger partial charge in [-0.05, 0) is 58.5 Å². The Bertz CT molecular complexity index is 423.